The highest BCUT2D eigenvalue weighted by Gasteiger charge is 2.25. The quantitative estimate of drug-likeness (QED) is 0.835. The van der Waals surface area contributed by atoms with Crippen molar-refractivity contribution in [1.82, 2.24) is 10.2 Å². The molecule has 0 aromatic heterocycles. The lowest BCUT2D eigenvalue weighted by Gasteiger charge is -2.39. The summed E-state index contributed by atoms with van der Waals surface area (Å²) < 4.78 is 13.0. The van der Waals surface area contributed by atoms with Gasteiger partial charge in [0.1, 0.15) is 5.82 Å². The van der Waals surface area contributed by atoms with Gasteiger partial charge in [-0.15, -0.1) is 0 Å². The van der Waals surface area contributed by atoms with E-state index in [4.69, 9.17) is 12.2 Å². The Balaban J connectivity index is 1.50. The molecule has 0 bridgehead atoms. The average molecular weight is 335 g/mol. The smallest absolute Gasteiger partial charge is 0.169 e. The van der Waals surface area contributed by atoms with Gasteiger partial charge in [0, 0.05) is 37.9 Å². The number of anilines is 1. The molecule has 126 valence electrons. The number of halogens is 1. The summed E-state index contributed by atoms with van der Waals surface area (Å²) in [5.74, 6) is 0.529. The van der Waals surface area contributed by atoms with Crippen LogP contribution in [-0.2, 0) is 0 Å². The van der Waals surface area contributed by atoms with E-state index in [1.165, 1.54) is 37.8 Å². The number of hydrogen-bond donors (Lipinski definition) is 1. The molecule has 5 heteroatoms. The summed E-state index contributed by atoms with van der Waals surface area (Å²) in [6.45, 7) is 6.02. The van der Waals surface area contributed by atoms with Crippen molar-refractivity contribution in [2.45, 2.75) is 38.6 Å². The zero-order chi connectivity index (χ0) is 16.2. The fourth-order valence-corrected chi connectivity index (χ4v) is 3.93. The van der Waals surface area contributed by atoms with E-state index in [-0.39, 0.29) is 5.82 Å². The van der Waals surface area contributed by atoms with Gasteiger partial charge in [-0.1, -0.05) is 19.8 Å². The third kappa shape index (κ3) is 4.14. The zero-order valence-electron chi connectivity index (χ0n) is 13.8. The van der Waals surface area contributed by atoms with Crippen LogP contribution in [0.4, 0.5) is 10.1 Å². The van der Waals surface area contributed by atoms with Crippen molar-refractivity contribution in [3.63, 3.8) is 0 Å². The normalized spacial score (nSPS) is 25.3. The maximum Gasteiger partial charge on any atom is 0.169 e. The number of piperazine rings is 1. The molecule has 3 rings (SSSR count). The second-order valence-electron chi connectivity index (χ2n) is 6.77. The summed E-state index contributed by atoms with van der Waals surface area (Å²) in [4.78, 5) is 4.57. The number of benzene rings is 1. The van der Waals surface area contributed by atoms with E-state index in [0.717, 1.165) is 37.0 Å². The van der Waals surface area contributed by atoms with Crippen LogP contribution >= 0.6 is 12.2 Å². The Hall–Kier alpha value is -1.36. The van der Waals surface area contributed by atoms with Crippen LogP contribution in [0.25, 0.3) is 0 Å². The second kappa shape index (κ2) is 7.47. The fraction of sp³-hybridized carbons (Fsp3) is 0.611. The molecule has 0 radical (unpaired) electrons. The Kier molecular flexibility index (Phi) is 5.36. The van der Waals surface area contributed by atoms with E-state index >= 15 is 0 Å². The highest BCUT2D eigenvalue weighted by molar-refractivity contribution is 7.80. The predicted octanol–water partition coefficient (Wildman–Crippen LogP) is 3.40. The average Bonchev–Trinajstić information content (AvgIpc) is 2.58. The van der Waals surface area contributed by atoms with Crippen LogP contribution in [0.2, 0.25) is 0 Å². The Morgan fingerprint density at radius 3 is 2.39 bits per heavy atom. The summed E-state index contributed by atoms with van der Waals surface area (Å²) in [7, 11) is 0. The minimum Gasteiger partial charge on any atom is -0.368 e. The van der Waals surface area contributed by atoms with Gasteiger partial charge in [-0.25, -0.2) is 4.39 Å². The third-order valence-electron chi connectivity index (χ3n) is 5.18. The minimum atomic E-state index is -0.181. The van der Waals surface area contributed by atoms with Crippen molar-refractivity contribution in [3.8, 4) is 0 Å². The van der Waals surface area contributed by atoms with Gasteiger partial charge in [0.05, 0.1) is 0 Å². The van der Waals surface area contributed by atoms with Crippen LogP contribution in [-0.4, -0.2) is 42.2 Å². The molecule has 1 saturated heterocycles. The van der Waals surface area contributed by atoms with E-state index in [1.54, 1.807) is 0 Å². The molecule has 0 unspecified atom stereocenters. The largest absolute Gasteiger partial charge is 0.368 e. The molecule has 3 nitrogen and oxygen atoms in total. The molecule has 1 saturated carbocycles. The van der Waals surface area contributed by atoms with Gasteiger partial charge < -0.3 is 15.1 Å². The number of nitrogens with zero attached hydrogens (tertiary/aromatic N) is 2. The molecular formula is C18H26FN3S. The Morgan fingerprint density at radius 2 is 1.74 bits per heavy atom. The van der Waals surface area contributed by atoms with E-state index in [0.29, 0.717) is 12.0 Å². The number of rotatable bonds is 2. The highest BCUT2D eigenvalue weighted by Crippen LogP contribution is 2.24. The van der Waals surface area contributed by atoms with Crippen molar-refractivity contribution in [2.24, 2.45) is 5.92 Å². The van der Waals surface area contributed by atoms with Crippen molar-refractivity contribution in [1.29, 1.82) is 0 Å². The highest BCUT2D eigenvalue weighted by atomic mass is 32.1. The van der Waals surface area contributed by atoms with E-state index < -0.39 is 0 Å². The molecule has 0 amide bonds. The van der Waals surface area contributed by atoms with Crippen LogP contribution in [0.3, 0.4) is 0 Å². The lowest BCUT2D eigenvalue weighted by Crippen LogP contribution is -2.54. The molecule has 1 aromatic carbocycles. The van der Waals surface area contributed by atoms with E-state index in [9.17, 15) is 4.39 Å². The first-order valence-electron chi connectivity index (χ1n) is 8.69. The van der Waals surface area contributed by atoms with Crippen molar-refractivity contribution < 1.29 is 4.39 Å². The summed E-state index contributed by atoms with van der Waals surface area (Å²) >= 11 is 5.63. The number of nitrogens with one attached hydrogen (secondary N) is 1. The third-order valence-corrected chi connectivity index (χ3v) is 5.56. The second-order valence-corrected chi connectivity index (χ2v) is 7.15. The van der Waals surface area contributed by atoms with Crippen LogP contribution in [0.5, 0.6) is 0 Å². The molecule has 23 heavy (non-hydrogen) atoms. The molecule has 2 atom stereocenters. The van der Waals surface area contributed by atoms with Gasteiger partial charge in [-0.2, -0.15) is 0 Å². The van der Waals surface area contributed by atoms with Gasteiger partial charge >= 0.3 is 0 Å². The van der Waals surface area contributed by atoms with E-state index in [1.807, 2.05) is 12.1 Å². The molecule has 2 fully saturated rings. The number of thiocarbonyl (C=S) groups is 1. The topological polar surface area (TPSA) is 18.5 Å². The Bertz CT molecular complexity index is 526. The maximum absolute atomic E-state index is 13.0. The van der Waals surface area contributed by atoms with E-state index in [2.05, 4.69) is 22.0 Å². The van der Waals surface area contributed by atoms with Gasteiger partial charge in [0.15, 0.2) is 5.11 Å². The van der Waals surface area contributed by atoms with Gasteiger partial charge in [0.25, 0.3) is 0 Å². The maximum atomic E-state index is 13.0. The van der Waals surface area contributed by atoms with Crippen molar-refractivity contribution >= 4 is 23.0 Å². The first kappa shape index (κ1) is 16.5. The molecule has 1 aliphatic carbocycles. The van der Waals surface area contributed by atoms with Gasteiger partial charge in [0.2, 0.25) is 0 Å². The summed E-state index contributed by atoms with van der Waals surface area (Å²) in [5, 5.41) is 4.49. The first-order valence-corrected chi connectivity index (χ1v) is 9.10. The molecule has 0 spiro atoms. The predicted molar refractivity (Wildman–Crippen MR) is 97.3 cm³/mol. The first-order chi connectivity index (χ1) is 11.1. The minimum absolute atomic E-state index is 0.181. The number of hydrogen-bond acceptors (Lipinski definition) is 2. The fourth-order valence-electron chi connectivity index (χ4n) is 3.60. The van der Waals surface area contributed by atoms with Crippen LogP contribution in [0, 0.1) is 11.7 Å². The summed E-state index contributed by atoms with van der Waals surface area (Å²) in [5.41, 5.74) is 1.09. The molecule has 1 N–H and O–H groups in total. The van der Waals surface area contributed by atoms with Crippen LogP contribution < -0.4 is 10.2 Å². The molecule has 1 aromatic rings. The van der Waals surface area contributed by atoms with Crippen molar-refractivity contribution in [2.75, 3.05) is 31.1 Å². The Morgan fingerprint density at radius 1 is 1.09 bits per heavy atom. The van der Waals surface area contributed by atoms with Gasteiger partial charge in [-0.05, 0) is 55.2 Å². The summed E-state index contributed by atoms with van der Waals surface area (Å²) in [6, 6.07) is 7.29. The summed E-state index contributed by atoms with van der Waals surface area (Å²) in [6.07, 6.45) is 5.20. The zero-order valence-corrected chi connectivity index (χ0v) is 14.6. The SMILES string of the molecule is C[C@@H]1CCCC[C@@H]1NC(=S)N1CCN(c2ccc(F)cc2)CC1. The lowest BCUT2D eigenvalue weighted by atomic mass is 9.86. The molecule has 2 aliphatic rings. The lowest BCUT2D eigenvalue weighted by molar-refractivity contribution is 0.293. The molecule has 1 heterocycles. The monoisotopic (exact) mass is 335 g/mol. The molecule has 1 aliphatic heterocycles. The molecular weight excluding hydrogens is 309 g/mol. The van der Waals surface area contributed by atoms with Crippen LogP contribution in [0.1, 0.15) is 32.6 Å². The van der Waals surface area contributed by atoms with Gasteiger partial charge in [-0.3, -0.25) is 0 Å². The van der Waals surface area contributed by atoms with Crippen LogP contribution in [0.15, 0.2) is 24.3 Å². The Labute approximate surface area is 143 Å². The van der Waals surface area contributed by atoms with Crippen molar-refractivity contribution in [3.05, 3.63) is 30.1 Å². The standard InChI is InChI=1S/C18H26FN3S/c1-14-4-2-3-5-17(14)20-18(23)22-12-10-21(11-13-22)16-8-6-15(19)7-9-16/h6-9,14,17H,2-5,10-13H2,1H3,(H,20,23)/t14-,17+/m1/s1.